The molecule has 0 aromatic heterocycles. The zero-order chi connectivity index (χ0) is 12.5. The maximum absolute atomic E-state index is 14.0. The highest BCUT2D eigenvalue weighted by Crippen LogP contribution is 2.42. The van der Waals surface area contributed by atoms with Gasteiger partial charge in [-0.3, -0.25) is 4.79 Å². The minimum atomic E-state index is -1.05. The number of hydrogen-bond acceptors (Lipinski definition) is 2. The van der Waals surface area contributed by atoms with Crippen molar-refractivity contribution in [2.24, 2.45) is 0 Å². The molecule has 0 bridgehead atoms. The van der Waals surface area contributed by atoms with E-state index in [1.54, 1.807) is 6.07 Å². The molecule has 0 atom stereocenters. The average molecular weight is 238 g/mol. The smallest absolute Gasteiger partial charge is 0.314 e. The van der Waals surface area contributed by atoms with Crippen LogP contribution in [0.15, 0.2) is 18.2 Å². The van der Waals surface area contributed by atoms with E-state index >= 15 is 0 Å². The Kier molecular flexibility index (Phi) is 3.05. The number of carbonyl (C=O) groups is 1. The minimum absolute atomic E-state index is 0.281. The van der Waals surface area contributed by atoms with Crippen LogP contribution in [-0.4, -0.2) is 18.2 Å². The molecular formula is C13H15FO3. The van der Waals surface area contributed by atoms with Crippen molar-refractivity contribution in [3.05, 3.63) is 29.6 Å². The summed E-state index contributed by atoms with van der Waals surface area (Å²) in [7, 11) is 1.46. The largest absolute Gasteiger partial charge is 0.497 e. The summed E-state index contributed by atoms with van der Waals surface area (Å²) in [5, 5.41) is 9.37. The number of halogens is 1. The fourth-order valence-electron chi connectivity index (χ4n) is 2.59. The van der Waals surface area contributed by atoms with E-state index in [4.69, 9.17) is 4.74 Å². The summed E-state index contributed by atoms with van der Waals surface area (Å²) >= 11 is 0. The van der Waals surface area contributed by atoms with E-state index in [2.05, 4.69) is 0 Å². The second-order valence-electron chi connectivity index (χ2n) is 4.44. The van der Waals surface area contributed by atoms with Crippen molar-refractivity contribution in [3.8, 4) is 5.75 Å². The minimum Gasteiger partial charge on any atom is -0.497 e. The van der Waals surface area contributed by atoms with Gasteiger partial charge in [-0.1, -0.05) is 18.9 Å². The summed E-state index contributed by atoms with van der Waals surface area (Å²) < 4.78 is 18.9. The van der Waals surface area contributed by atoms with Crippen LogP contribution in [0.5, 0.6) is 5.75 Å². The number of methoxy groups -OCH3 is 1. The van der Waals surface area contributed by atoms with Gasteiger partial charge >= 0.3 is 5.97 Å². The molecule has 17 heavy (non-hydrogen) atoms. The summed E-state index contributed by atoms with van der Waals surface area (Å²) in [6.45, 7) is 0. The van der Waals surface area contributed by atoms with Crippen LogP contribution in [0.2, 0.25) is 0 Å². The van der Waals surface area contributed by atoms with Crippen LogP contribution in [0.1, 0.15) is 31.2 Å². The highest BCUT2D eigenvalue weighted by molar-refractivity contribution is 5.82. The molecule has 1 aliphatic rings. The van der Waals surface area contributed by atoms with Crippen molar-refractivity contribution in [1.29, 1.82) is 0 Å². The van der Waals surface area contributed by atoms with E-state index in [1.807, 2.05) is 0 Å². The van der Waals surface area contributed by atoms with Gasteiger partial charge in [0.2, 0.25) is 0 Å². The Labute approximate surface area is 99.2 Å². The number of carboxylic acids is 1. The van der Waals surface area contributed by atoms with E-state index in [1.165, 1.54) is 19.2 Å². The van der Waals surface area contributed by atoms with Gasteiger partial charge in [-0.2, -0.15) is 0 Å². The molecule has 0 aliphatic heterocycles. The molecule has 2 rings (SSSR count). The van der Waals surface area contributed by atoms with Crippen LogP contribution >= 0.6 is 0 Å². The second-order valence-corrected chi connectivity index (χ2v) is 4.44. The molecule has 0 unspecified atom stereocenters. The van der Waals surface area contributed by atoms with Gasteiger partial charge in [0.1, 0.15) is 11.6 Å². The van der Waals surface area contributed by atoms with Crippen LogP contribution in [-0.2, 0) is 10.2 Å². The molecule has 1 N–H and O–H groups in total. The molecule has 1 fully saturated rings. The summed E-state index contributed by atoms with van der Waals surface area (Å²) in [6, 6.07) is 4.40. The first-order valence-electron chi connectivity index (χ1n) is 5.67. The Morgan fingerprint density at radius 2 is 2.06 bits per heavy atom. The van der Waals surface area contributed by atoms with E-state index < -0.39 is 17.2 Å². The van der Waals surface area contributed by atoms with Gasteiger partial charge in [-0.05, 0) is 18.9 Å². The lowest BCUT2D eigenvalue weighted by Crippen LogP contribution is -2.33. The highest BCUT2D eigenvalue weighted by atomic mass is 19.1. The zero-order valence-electron chi connectivity index (χ0n) is 9.70. The van der Waals surface area contributed by atoms with Crippen molar-refractivity contribution in [1.82, 2.24) is 0 Å². The normalized spacial score (nSPS) is 18.0. The molecule has 4 heteroatoms. The van der Waals surface area contributed by atoms with Crippen LogP contribution in [0.25, 0.3) is 0 Å². The standard InChI is InChI=1S/C13H15FO3/c1-17-9-4-5-10(11(14)8-9)13(12(15)16)6-2-3-7-13/h4-5,8H,2-3,6-7H2,1H3,(H,15,16). The van der Waals surface area contributed by atoms with E-state index in [-0.39, 0.29) is 5.56 Å². The molecule has 92 valence electrons. The van der Waals surface area contributed by atoms with Gasteiger partial charge in [0, 0.05) is 11.6 Å². The van der Waals surface area contributed by atoms with Crippen molar-refractivity contribution < 1.29 is 19.0 Å². The van der Waals surface area contributed by atoms with Gasteiger partial charge in [-0.15, -0.1) is 0 Å². The van der Waals surface area contributed by atoms with E-state index in [0.717, 1.165) is 12.8 Å². The lowest BCUT2D eigenvalue weighted by Gasteiger charge is -2.25. The Balaban J connectivity index is 2.47. The summed E-state index contributed by atoms with van der Waals surface area (Å²) in [6.07, 6.45) is 2.67. The Bertz CT molecular complexity index is 436. The first kappa shape index (κ1) is 11.9. The molecule has 0 amide bonds. The zero-order valence-corrected chi connectivity index (χ0v) is 9.70. The van der Waals surface area contributed by atoms with Crippen molar-refractivity contribution in [3.63, 3.8) is 0 Å². The molecule has 1 aliphatic carbocycles. The summed E-state index contributed by atoms with van der Waals surface area (Å²) in [4.78, 5) is 11.4. The fourth-order valence-corrected chi connectivity index (χ4v) is 2.59. The first-order valence-corrected chi connectivity index (χ1v) is 5.67. The summed E-state index contributed by atoms with van der Waals surface area (Å²) in [5.41, 5.74) is -0.764. The number of aliphatic carboxylic acids is 1. The molecule has 0 saturated heterocycles. The van der Waals surface area contributed by atoms with E-state index in [0.29, 0.717) is 18.6 Å². The van der Waals surface area contributed by atoms with Crippen LogP contribution < -0.4 is 4.74 Å². The molecule has 0 spiro atoms. The van der Waals surface area contributed by atoms with Gasteiger partial charge in [0.15, 0.2) is 0 Å². The van der Waals surface area contributed by atoms with Gasteiger partial charge < -0.3 is 9.84 Å². The van der Waals surface area contributed by atoms with Gasteiger partial charge in [0.25, 0.3) is 0 Å². The third-order valence-electron chi connectivity index (χ3n) is 3.56. The predicted molar refractivity (Wildman–Crippen MR) is 60.7 cm³/mol. The Morgan fingerprint density at radius 1 is 1.41 bits per heavy atom. The SMILES string of the molecule is COc1ccc(C2(C(=O)O)CCCC2)c(F)c1. The number of benzene rings is 1. The van der Waals surface area contributed by atoms with Gasteiger partial charge in [0.05, 0.1) is 12.5 Å². The molecule has 1 saturated carbocycles. The Morgan fingerprint density at radius 3 is 2.53 bits per heavy atom. The Hall–Kier alpha value is -1.58. The first-order chi connectivity index (χ1) is 8.10. The molecule has 0 radical (unpaired) electrons. The van der Waals surface area contributed by atoms with Crippen LogP contribution in [0.3, 0.4) is 0 Å². The quantitative estimate of drug-likeness (QED) is 0.880. The lowest BCUT2D eigenvalue weighted by molar-refractivity contribution is -0.143. The van der Waals surface area contributed by atoms with Crippen molar-refractivity contribution >= 4 is 5.97 Å². The van der Waals surface area contributed by atoms with Crippen molar-refractivity contribution in [2.75, 3.05) is 7.11 Å². The van der Waals surface area contributed by atoms with Crippen LogP contribution in [0.4, 0.5) is 4.39 Å². The molecule has 1 aromatic carbocycles. The average Bonchev–Trinajstić information content (AvgIpc) is 2.79. The number of carboxylic acid groups (broad SMARTS) is 1. The third-order valence-corrected chi connectivity index (χ3v) is 3.56. The topological polar surface area (TPSA) is 46.5 Å². The highest BCUT2D eigenvalue weighted by Gasteiger charge is 2.44. The van der Waals surface area contributed by atoms with Gasteiger partial charge in [-0.25, -0.2) is 4.39 Å². The number of ether oxygens (including phenoxy) is 1. The fraction of sp³-hybridized carbons (Fsp3) is 0.462. The molecule has 1 aromatic rings. The lowest BCUT2D eigenvalue weighted by atomic mass is 9.78. The number of rotatable bonds is 3. The second kappa shape index (κ2) is 4.35. The molecule has 3 nitrogen and oxygen atoms in total. The maximum atomic E-state index is 14.0. The predicted octanol–water partition coefficient (Wildman–Crippen LogP) is 2.73. The summed E-state index contributed by atoms with van der Waals surface area (Å²) in [5.74, 6) is -1.02. The molecular weight excluding hydrogens is 223 g/mol. The van der Waals surface area contributed by atoms with E-state index in [9.17, 15) is 14.3 Å². The van der Waals surface area contributed by atoms with Crippen LogP contribution in [0, 0.1) is 5.82 Å². The monoisotopic (exact) mass is 238 g/mol. The van der Waals surface area contributed by atoms with Crippen molar-refractivity contribution in [2.45, 2.75) is 31.1 Å². The maximum Gasteiger partial charge on any atom is 0.314 e. The third kappa shape index (κ3) is 1.88. The molecule has 0 heterocycles. The number of hydrogen-bond donors (Lipinski definition) is 1.